The van der Waals surface area contributed by atoms with Gasteiger partial charge in [0.05, 0.1) is 12.0 Å². The van der Waals surface area contributed by atoms with Crippen LogP contribution in [0.4, 0.5) is 0 Å². The second-order valence-corrected chi connectivity index (χ2v) is 8.34. The summed E-state index contributed by atoms with van der Waals surface area (Å²) in [6.45, 7) is 7.21. The number of aryl methyl sites for hydroxylation is 1. The van der Waals surface area contributed by atoms with Gasteiger partial charge >= 0.3 is 0 Å². The van der Waals surface area contributed by atoms with Crippen molar-refractivity contribution in [3.63, 3.8) is 0 Å². The lowest BCUT2D eigenvalue weighted by Gasteiger charge is -2.25. The molecule has 1 aromatic carbocycles. The van der Waals surface area contributed by atoms with E-state index in [2.05, 4.69) is 5.32 Å². The molecule has 0 bridgehead atoms. The number of benzene rings is 1. The third kappa shape index (κ3) is 4.04. The fourth-order valence-electron chi connectivity index (χ4n) is 3.27. The van der Waals surface area contributed by atoms with E-state index in [1.165, 1.54) is 0 Å². The van der Waals surface area contributed by atoms with Crippen molar-refractivity contribution in [3.05, 3.63) is 23.3 Å². The summed E-state index contributed by atoms with van der Waals surface area (Å²) in [4.78, 5) is 0.407. The zero-order valence-corrected chi connectivity index (χ0v) is 16.8. The summed E-state index contributed by atoms with van der Waals surface area (Å²) in [6.07, 6.45) is 1.82. The second-order valence-electron chi connectivity index (χ2n) is 6.48. The van der Waals surface area contributed by atoms with E-state index in [4.69, 9.17) is 4.74 Å². The van der Waals surface area contributed by atoms with Crippen molar-refractivity contribution < 1.29 is 13.2 Å². The number of likely N-dealkylation sites (N-methyl/N-ethyl adjacent to an activating group) is 1. The van der Waals surface area contributed by atoms with Crippen LogP contribution in [0.1, 0.15) is 43.7 Å². The van der Waals surface area contributed by atoms with Gasteiger partial charge in [0.25, 0.3) is 0 Å². The molecular weight excluding hydrogens is 348 g/mol. The average Bonchev–Trinajstić information content (AvgIpc) is 2.95. The van der Waals surface area contributed by atoms with Crippen molar-refractivity contribution in [2.45, 2.75) is 50.5 Å². The van der Waals surface area contributed by atoms with E-state index in [0.29, 0.717) is 18.0 Å². The Balaban J connectivity index is 0.00000288. The van der Waals surface area contributed by atoms with Crippen LogP contribution in [0, 0.1) is 6.92 Å². The van der Waals surface area contributed by atoms with Crippen LogP contribution in [0.15, 0.2) is 17.0 Å². The van der Waals surface area contributed by atoms with Gasteiger partial charge in [0, 0.05) is 19.1 Å². The lowest BCUT2D eigenvalue weighted by Crippen LogP contribution is -2.41. The molecule has 0 amide bonds. The molecule has 24 heavy (non-hydrogen) atoms. The molecule has 138 valence electrons. The monoisotopic (exact) mass is 376 g/mol. The molecule has 1 aliphatic heterocycles. The third-order valence-corrected chi connectivity index (χ3v) is 6.59. The number of ether oxygens (including phenoxy) is 1. The number of methoxy groups -OCH3 is 1. The Kier molecular flexibility index (Phi) is 7.53. The Hall–Kier alpha value is -0.820. The molecule has 1 saturated heterocycles. The molecule has 1 aromatic rings. The molecule has 0 aromatic heterocycles. The first kappa shape index (κ1) is 21.2. The van der Waals surface area contributed by atoms with Gasteiger partial charge in [-0.3, -0.25) is 0 Å². The number of nitrogens with zero attached hydrogens (tertiary/aromatic N) is 1. The molecule has 1 aliphatic rings. The summed E-state index contributed by atoms with van der Waals surface area (Å²) >= 11 is 0. The molecule has 1 fully saturated rings. The van der Waals surface area contributed by atoms with E-state index >= 15 is 0 Å². The smallest absolute Gasteiger partial charge is 0.243 e. The Morgan fingerprint density at radius 2 is 2.04 bits per heavy atom. The van der Waals surface area contributed by atoms with Crippen LogP contribution < -0.4 is 10.1 Å². The summed E-state index contributed by atoms with van der Waals surface area (Å²) in [7, 11) is -0.000961. The van der Waals surface area contributed by atoms with Gasteiger partial charge in [-0.15, -0.1) is 12.4 Å². The lowest BCUT2D eigenvalue weighted by molar-refractivity contribution is 0.378. The number of hydrogen-bond acceptors (Lipinski definition) is 4. The van der Waals surface area contributed by atoms with Crippen molar-refractivity contribution >= 4 is 22.4 Å². The summed E-state index contributed by atoms with van der Waals surface area (Å²) < 4.78 is 33.4. The first-order chi connectivity index (χ1) is 10.8. The molecule has 1 N–H and O–H groups in total. The van der Waals surface area contributed by atoms with Crippen LogP contribution in [-0.4, -0.2) is 46.0 Å². The van der Waals surface area contributed by atoms with Gasteiger partial charge in [0.2, 0.25) is 10.0 Å². The minimum Gasteiger partial charge on any atom is -0.496 e. The molecule has 0 saturated carbocycles. The zero-order chi connectivity index (χ0) is 17.2. The fraction of sp³-hybridized carbons (Fsp3) is 0.647. The Morgan fingerprint density at radius 3 is 2.58 bits per heavy atom. The number of hydrogen-bond donors (Lipinski definition) is 1. The summed E-state index contributed by atoms with van der Waals surface area (Å²) in [6, 6.07) is 3.67. The topological polar surface area (TPSA) is 58.6 Å². The largest absolute Gasteiger partial charge is 0.496 e. The number of sulfonamides is 1. The van der Waals surface area contributed by atoms with Gasteiger partial charge < -0.3 is 10.1 Å². The van der Waals surface area contributed by atoms with E-state index in [0.717, 1.165) is 29.7 Å². The predicted octanol–water partition coefficient (Wildman–Crippen LogP) is 2.92. The summed E-state index contributed by atoms with van der Waals surface area (Å²) in [5, 5.41) is 3.10. The Morgan fingerprint density at radius 1 is 1.38 bits per heavy atom. The minimum atomic E-state index is -3.48. The number of halogens is 1. The van der Waals surface area contributed by atoms with E-state index < -0.39 is 10.0 Å². The molecule has 0 radical (unpaired) electrons. The lowest BCUT2D eigenvalue weighted by atomic mass is 10.0. The Labute approximate surface area is 152 Å². The number of rotatable bonds is 6. The number of nitrogens with one attached hydrogen (secondary N) is 1. The van der Waals surface area contributed by atoms with Crippen LogP contribution in [0.3, 0.4) is 0 Å². The summed E-state index contributed by atoms with van der Waals surface area (Å²) in [5.74, 6) is 0.954. The van der Waals surface area contributed by atoms with Gasteiger partial charge in [-0.25, -0.2) is 8.42 Å². The Bertz CT molecular complexity index is 662. The van der Waals surface area contributed by atoms with Crippen LogP contribution in [0.5, 0.6) is 5.75 Å². The highest BCUT2D eigenvalue weighted by Crippen LogP contribution is 2.34. The van der Waals surface area contributed by atoms with Crippen molar-refractivity contribution in [1.29, 1.82) is 0 Å². The predicted molar refractivity (Wildman–Crippen MR) is 99.9 cm³/mol. The van der Waals surface area contributed by atoms with E-state index in [1.807, 2.05) is 33.9 Å². The average molecular weight is 377 g/mol. The highest BCUT2D eigenvalue weighted by Gasteiger charge is 2.36. The van der Waals surface area contributed by atoms with Crippen LogP contribution in [-0.2, 0) is 10.0 Å². The third-order valence-electron chi connectivity index (χ3n) is 4.50. The molecule has 1 unspecified atom stereocenters. The van der Waals surface area contributed by atoms with Crippen LogP contribution in [0.25, 0.3) is 0 Å². The molecule has 5 nitrogen and oxygen atoms in total. The highest BCUT2D eigenvalue weighted by atomic mass is 35.5. The van der Waals surface area contributed by atoms with Gasteiger partial charge in [-0.1, -0.05) is 13.8 Å². The quantitative estimate of drug-likeness (QED) is 0.829. The summed E-state index contributed by atoms with van der Waals surface area (Å²) in [5.41, 5.74) is 1.67. The maximum atomic E-state index is 13.2. The van der Waals surface area contributed by atoms with Gasteiger partial charge in [-0.05, 0) is 56.0 Å². The molecule has 0 spiro atoms. The maximum Gasteiger partial charge on any atom is 0.243 e. The molecule has 1 heterocycles. The van der Waals surface area contributed by atoms with Crippen molar-refractivity contribution in [3.8, 4) is 5.75 Å². The van der Waals surface area contributed by atoms with Crippen molar-refractivity contribution in [2.24, 2.45) is 0 Å². The standard InChI is InChI=1S/C17H28N2O3S.ClH/c1-12(2)15-10-17(13(3)9-16(15)22-5)23(20,21)19-8-6-7-14(19)11-18-4;/h9-10,12,14,18H,6-8,11H2,1-5H3;1H. The molecule has 1 atom stereocenters. The van der Waals surface area contributed by atoms with E-state index in [1.54, 1.807) is 17.5 Å². The van der Waals surface area contributed by atoms with Gasteiger partial charge in [0.15, 0.2) is 0 Å². The van der Waals surface area contributed by atoms with Crippen molar-refractivity contribution in [1.82, 2.24) is 9.62 Å². The fourth-order valence-corrected chi connectivity index (χ4v) is 5.21. The van der Waals surface area contributed by atoms with E-state index in [-0.39, 0.29) is 24.4 Å². The van der Waals surface area contributed by atoms with E-state index in [9.17, 15) is 8.42 Å². The second kappa shape index (κ2) is 8.52. The maximum absolute atomic E-state index is 13.2. The SMILES string of the molecule is CNCC1CCCN1S(=O)(=O)c1cc(C(C)C)c(OC)cc1C.Cl. The van der Waals surface area contributed by atoms with Crippen LogP contribution >= 0.6 is 12.4 Å². The molecule has 2 rings (SSSR count). The molecule has 7 heteroatoms. The zero-order valence-electron chi connectivity index (χ0n) is 15.1. The molecule has 0 aliphatic carbocycles. The first-order valence-electron chi connectivity index (χ1n) is 8.17. The molecular formula is C17H29ClN2O3S. The van der Waals surface area contributed by atoms with Gasteiger partial charge in [-0.2, -0.15) is 4.31 Å². The minimum absolute atomic E-state index is 0. The van der Waals surface area contributed by atoms with Gasteiger partial charge in [0.1, 0.15) is 5.75 Å². The normalized spacial score (nSPS) is 18.7. The van der Waals surface area contributed by atoms with Crippen LogP contribution in [0.2, 0.25) is 0 Å². The highest BCUT2D eigenvalue weighted by molar-refractivity contribution is 7.89. The van der Waals surface area contributed by atoms with Crippen molar-refractivity contribution in [2.75, 3.05) is 27.2 Å². The first-order valence-corrected chi connectivity index (χ1v) is 9.62.